The minimum atomic E-state index is -0.370. The molecule has 0 radical (unpaired) electrons. The first-order chi connectivity index (χ1) is 12.5. The molecule has 2 heterocycles. The van der Waals surface area contributed by atoms with Crippen LogP contribution in [0.4, 0.5) is 10.1 Å². The van der Waals surface area contributed by atoms with Crippen LogP contribution < -0.4 is 4.90 Å². The van der Waals surface area contributed by atoms with Gasteiger partial charge in [-0.25, -0.2) is 4.39 Å². The third-order valence-corrected chi connectivity index (χ3v) is 6.05. The molecule has 2 aliphatic rings. The Morgan fingerprint density at radius 3 is 2.62 bits per heavy atom. The van der Waals surface area contributed by atoms with Crippen molar-refractivity contribution in [3.63, 3.8) is 0 Å². The van der Waals surface area contributed by atoms with Gasteiger partial charge in [0, 0.05) is 23.2 Å². The topological polar surface area (TPSA) is 23.6 Å². The molecule has 1 fully saturated rings. The van der Waals surface area contributed by atoms with Gasteiger partial charge in [0.25, 0.3) is 5.91 Å². The number of amides is 1. The highest BCUT2D eigenvalue weighted by molar-refractivity contribution is 6.07. The molecule has 3 nitrogen and oxygen atoms in total. The van der Waals surface area contributed by atoms with Crippen LogP contribution in [0.3, 0.4) is 0 Å². The number of piperidine rings is 1. The second-order valence-electron chi connectivity index (χ2n) is 7.64. The molecule has 1 saturated heterocycles. The van der Waals surface area contributed by atoms with E-state index in [1.165, 1.54) is 23.3 Å². The van der Waals surface area contributed by atoms with E-state index in [9.17, 15) is 9.18 Å². The van der Waals surface area contributed by atoms with E-state index in [0.717, 1.165) is 38.2 Å². The van der Waals surface area contributed by atoms with Gasteiger partial charge in [-0.05, 0) is 69.2 Å². The van der Waals surface area contributed by atoms with Gasteiger partial charge < -0.3 is 9.80 Å². The summed E-state index contributed by atoms with van der Waals surface area (Å²) in [7, 11) is 0. The molecule has 2 aromatic rings. The molecular weight excluding hydrogens is 327 g/mol. The maximum Gasteiger partial charge on any atom is 0.258 e. The van der Waals surface area contributed by atoms with Crippen LogP contribution in [0.5, 0.6) is 0 Å². The minimum absolute atomic E-state index is 0.0238. The average molecular weight is 352 g/mol. The Labute approximate surface area is 154 Å². The number of rotatable bonds is 2. The second kappa shape index (κ2) is 6.51. The zero-order chi connectivity index (χ0) is 18.3. The molecule has 4 heteroatoms. The molecule has 0 N–H and O–H groups in total. The minimum Gasteiger partial charge on any atom is -0.307 e. The van der Waals surface area contributed by atoms with Crippen LogP contribution in [-0.4, -0.2) is 37.0 Å². The summed E-state index contributed by atoms with van der Waals surface area (Å²) in [6.45, 7) is 8.19. The number of fused-ring (bicyclic) bond motifs is 2. The number of aryl methyl sites for hydroxylation is 1. The van der Waals surface area contributed by atoms with Crippen molar-refractivity contribution >= 4 is 11.6 Å². The van der Waals surface area contributed by atoms with Crippen LogP contribution in [-0.2, 0) is 5.41 Å². The molecule has 136 valence electrons. The lowest BCUT2D eigenvalue weighted by Gasteiger charge is -2.39. The van der Waals surface area contributed by atoms with E-state index >= 15 is 0 Å². The van der Waals surface area contributed by atoms with Crippen LogP contribution in [0.25, 0.3) is 0 Å². The molecule has 1 spiro atoms. The smallest absolute Gasteiger partial charge is 0.258 e. The van der Waals surface area contributed by atoms with Gasteiger partial charge in [0.15, 0.2) is 0 Å². The maximum absolute atomic E-state index is 13.6. The summed E-state index contributed by atoms with van der Waals surface area (Å²) in [5.74, 6) is -0.477. The summed E-state index contributed by atoms with van der Waals surface area (Å²) in [5.41, 5.74) is 3.95. The lowest BCUT2D eigenvalue weighted by atomic mass is 9.74. The highest BCUT2D eigenvalue weighted by atomic mass is 19.1. The van der Waals surface area contributed by atoms with Gasteiger partial charge >= 0.3 is 0 Å². The standard InChI is InChI=1S/C22H25FN2O/c1-3-24-11-9-22(10-12-24)15-25(20-8-7-16(2)13-19(20)22)21(26)17-5-4-6-18(23)14-17/h4-8,13-14H,3,9-12,15H2,1-2H3. The molecule has 0 unspecified atom stereocenters. The monoisotopic (exact) mass is 352 g/mol. The van der Waals surface area contributed by atoms with E-state index in [2.05, 4.69) is 36.9 Å². The average Bonchev–Trinajstić information content (AvgIpc) is 2.95. The lowest BCUT2D eigenvalue weighted by Crippen LogP contribution is -2.46. The van der Waals surface area contributed by atoms with Gasteiger partial charge in [-0.1, -0.05) is 30.7 Å². The third kappa shape index (κ3) is 2.82. The van der Waals surface area contributed by atoms with Crippen molar-refractivity contribution in [3.8, 4) is 0 Å². The number of nitrogens with zero attached hydrogens (tertiary/aromatic N) is 2. The quantitative estimate of drug-likeness (QED) is 0.811. The predicted molar refractivity (Wildman–Crippen MR) is 102 cm³/mol. The Bertz CT molecular complexity index is 840. The molecule has 0 aliphatic carbocycles. The fraction of sp³-hybridized carbons (Fsp3) is 0.409. The summed E-state index contributed by atoms with van der Waals surface area (Å²) < 4.78 is 13.6. The third-order valence-electron chi connectivity index (χ3n) is 6.05. The van der Waals surface area contributed by atoms with Crippen LogP contribution in [0, 0.1) is 12.7 Å². The number of halogens is 1. The molecule has 2 aliphatic heterocycles. The van der Waals surface area contributed by atoms with Crippen LogP contribution in [0.1, 0.15) is 41.3 Å². The summed E-state index contributed by atoms with van der Waals surface area (Å²) in [5, 5.41) is 0. The Kier molecular flexibility index (Phi) is 4.31. The van der Waals surface area contributed by atoms with Crippen molar-refractivity contribution in [2.75, 3.05) is 31.1 Å². The molecule has 0 saturated carbocycles. The highest BCUT2D eigenvalue weighted by Crippen LogP contribution is 2.47. The van der Waals surface area contributed by atoms with Crippen molar-refractivity contribution in [2.45, 2.75) is 32.1 Å². The van der Waals surface area contributed by atoms with E-state index < -0.39 is 0 Å². The molecule has 0 bridgehead atoms. The number of hydrogen-bond donors (Lipinski definition) is 0. The van der Waals surface area contributed by atoms with Crippen LogP contribution in [0.2, 0.25) is 0 Å². The van der Waals surface area contributed by atoms with E-state index in [1.54, 1.807) is 12.1 Å². The number of carbonyl (C=O) groups excluding carboxylic acids is 1. The first-order valence-electron chi connectivity index (χ1n) is 9.43. The van der Waals surface area contributed by atoms with Gasteiger partial charge in [0.1, 0.15) is 5.82 Å². The molecule has 0 atom stereocenters. The van der Waals surface area contributed by atoms with Crippen LogP contribution in [0.15, 0.2) is 42.5 Å². The Morgan fingerprint density at radius 1 is 1.15 bits per heavy atom. The van der Waals surface area contributed by atoms with E-state index in [1.807, 2.05) is 4.90 Å². The molecular formula is C22H25FN2O. The zero-order valence-corrected chi connectivity index (χ0v) is 15.5. The zero-order valence-electron chi connectivity index (χ0n) is 15.5. The molecule has 2 aromatic carbocycles. The van der Waals surface area contributed by atoms with Gasteiger partial charge in [0.05, 0.1) is 0 Å². The number of likely N-dealkylation sites (tertiary alicyclic amines) is 1. The number of anilines is 1. The Hall–Kier alpha value is -2.20. The van der Waals surface area contributed by atoms with Crippen molar-refractivity contribution < 1.29 is 9.18 Å². The summed E-state index contributed by atoms with van der Waals surface area (Å²) in [6, 6.07) is 12.4. The van der Waals surface area contributed by atoms with Crippen LogP contribution >= 0.6 is 0 Å². The van der Waals surface area contributed by atoms with Crippen molar-refractivity contribution in [2.24, 2.45) is 0 Å². The van der Waals surface area contributed by atoms with Crippen molar-refractivity contribution in [3.05, 3.63) is 65.0 Å². The highest BCUT2D eigenvalue weighted by Gasteiger charge is 2.46. The fourth-order valence-electron chi connectivity index (χ4n) is 4.47. The number of carbonyl (C=O) groups is 1. The van der Waals surface area contributed by atoms with E-state index in [4.69, 9.17) is 0 Å². The SMILES string of the molecule is CCN1CCC2(CC1)CN(C(=O)c1cccc(F)c1)c1ccc(C)cc12. The van der Waals surface area contributed by atoms with E-state index in [0.29, 0.717) is 12.1 Å². The number of hydrogen-bond acceptors (Lipinski definition) is 2. The summed E-state index contributed by atoms with van der Waals surface area (Å²) in [4.78, 5) is 17.5. The Balaban J connectivity index is 1.72. The second-order valence-corrected chi connectivity index (χ2v) is 7.64. The van der Waals surface area contributed by atoms with Gasteiger partial charge in [0.2, 0.25) is 0 Å². The molecule has 0 aromatic heterocycles. The Morgan fingerprint density at radius 2 is 1.92 bits per heavy atom. The first kappa shape index (κ1) is 17.2. The lowest BCUT2D eigenvalue weighted by molar-refractivity contribution is 0.0976. The van der Waals surface area contributed by atoms with Gasteiger partial charge in [-0.15, -0.1) is 0 Å². The van der Waals surface area contributed by atoms with Gasteiger partial charge in [-0.3, -0.25) is 4.79 Å². The maximum atomic E-state index is 13.6. The molecule has 1 amide bonds. The van der Waals surface area contributed by atoms with Gasteiger partial charge in [-0.2, -0.15) is 0 Å². The predicted octanol–water partition coefficient (Wildman–Crippen LogP) is 4.15. The van der Waals surface area contributed by atoms with Crippen molar-refractivity contribution in [1.29, 1.82) is 0 Å². The first-order valence-corrected chi connectivity index (χ1v) is 9.43. The normalized spacial score (nSPS) is 19.0. The molecule has 26 heavy (non-hydrogen) atoms. The largest absolute Gasteiger partial charge is 0.307 e. The summed E-state index contributed by atoms with van der Waals surface area (Å²) in [6.07, 6.45) is 2.12. The fourth-order valence-corrected chi connectivity index (χ4v) is 4.47. The summed E-state index contributed by atoms with van der Waals surface area (Å²) >= 11 is 0. The molecule has 4 rings (SSSR count). The van der Waals surface area contributed by atoms with E-state index in [-0.39, 0.29) is 17.1 Å². The number of benzene rings is 2. The van der Waals surface area contributed by atoms with Crippen molar-refractivity contribution in [1.82, 2.24) is 4.90 Å².